The van der Waals surface area contributed by atoms with Gasteiger partial charge in [0.15, 0.2) is 6.10 Å². The summed E-state index contributed by atoms with van der Waals surface area (Å²) in [6.45, 7) is 7.65. The van der Waals surface area contributed by atoms with Gasteiger partial charge >= 0.3 is 0 Å². The van der Waals surface area contributed by atoms with Gasteiger partial charge in [0.2, 0.25) is 5.91 Å². The van der Waals surface area contributed by atoms with Crippen molar-refractivity contribution >= 4 is 34.5 Å². The number of benzene rings is 2. The standard InChI is InChI=1S/C24H25N3O3S/c1-5-17-8-6-7-9-19(17)26-22(28)13-27-20-12-18(23-15(3)31-16(4)25-23)10-11-21(20)30-14(2)24(27)29/h6-12,14H,5,13H2,1-4H3,(H,26,28). The van der Waals surface area contributed by atoms with Crippen LogP contribution in [-0.4, -0.2) is 29.4 Å². The van der Waals surface area contributed by atoms with Gasteiger partial charge in [-0.2, -0.15) is 0 Å². The summed E-state index contributed by atoms with van der Waals surface area (Å²) in [5.74, 6) is 0.0948. The van der Waals surface area contributed by atoms with Crippen LogP contribution in [0.2, 0.25) is 0 Å². The molecule has 0 saturated carbocycles. The van der Waals surface area contributed by atoms with E-state index < -0.39 is 6.10 Å². The molecule has 1 atom stereocenters. The van der Waals surface area contributed by atoms with Crippen LogP contribution in [0.5, 0.6) is 5.75 Å². The maximum Gasteiger partial charge on any atom is 0.268 e. The van der Waals surface area contributed by atoms with Gasteiger partial charge < -0.3 is 10.1 Å². The molecular weight excluding hydrogens is 410 g/mol. The molecular formula is C24H25N3O3S. The quantitative estimate of drug-likeness (QED) is 0.628. The summed E-state index contributed by atoms with van der Waals surface area (Å²) in [7, 11) is 0. The molecule has 1 aromatic heterocycles. The van der Waals surface area contributed by atoms with Crippen molar-refractivity contribution in [2.24, 2.45) is 0 Å². The number of amides is 2. The largest absolute Gasteiger partial charge is 0.479 e. The topological polar surface area (TPSA) is 71.5 Å². The van der Waals surface area contributed by atoms with E-state index in [1.807, 2.05) is 63.2 Å². The van der Waals surface area contributed by atoms with Gasteiger partial charge in [-0.25, -0.2) is 4.98 Å². The minimum absolute atomic E-state index is 0.0872. The summed E-state index contributed by atoms with van der Waals surface area (Å²) in [5.41, 5.74) is 4.19. The van der Waals surface area contributed by atoms with E-state index in [0.29, 0.717) is 11.4 Å². The Hall–Kier alpha value is -3.19. The molecule has 6 nitrogen and oxygen atoms in total. The van der Waals surface area contributed by atoms with Gasteiger partial charge in [0, 0.05) is 16.1 Å². The summed E-state index contributed by atoms with van der Waals surface area (Å²) < 4.78 is 5.80. The number of hydrogen-bond acceptors (Lipinski definition) is 5. The summed E-state index contributed by atoms with van der Waals surface area (Å²) in [5, 5.41) is 3.93. The first-order valence-electron chi connectivity index (χ1n) is 10.3. The molecule has 0 radical (unpaired) electrons. The van der Waals surface area contributed by atoms with E-state index in [1.165, 1.54) is 4.90 Å². The predicted molar refractivity (Wildman–Crippen MR) is 124 cm³/mol. The number of nitrogens with one attached hydrogen (secondary N) is 1. The summed E-state index contributed by atoms with van der Waals surface area (Å²) in [4.78, 5) is 33.0. The molecule has 4 rings (SSSR count). The van der Waals surface area contributed by atoms with Gasteiger partial charge in [-0.1, -0.05) is 25.1 Å². The number of aryl methyl sites for hydroxylation is 3. The number of nitrogens with zero attached hydrogens (tertiary/aromatic N) is 2. The van der Waals surface area contributed by atoms with Crippen molar-refractivity contribution in [3.63, 3.8) is 0 Å². The molecule has 3 aromatic rings. The fraction of sp³-hybridized carbons (Fsp3) is 0.292. The Morgan fingerprint density at radius 1 is 1.23 bits per heavy atom. The fourth-order valence-corrected chi connectivity index (χ4v) is 4.64. The lowest BCUT2D eigenvalue weighted by Crippen LogP contribution is -2.47. The summed E-state index contributed by atoms with van der Waals surface area (Å²) >= 11 is 1.63. The Bertz CT molecular complexity index is 1150. The third-order valence-electron chi connectivity index (χ3n) is 5.32. The van der Waals surface area contributed by atoms with Crippen LogP contribution in [0.3, 0.4) is 0 Å². The van der Waals surface area contributed by atoms with E-state index in [2.05, 4.69) is 10.3 Å². The number of rotatable bonds is 5. The molecule has 1 unspecified atom stereocenters. The molecule has 0 fully saturated rings. The van der Waals surface area contributed by atoms with E-state index in [-0.39, 0.29) is 18.4 Å². The van der Waals surface area contributed by atoms with Gasteiger partial charge in [0.1, 0.15) is 12.3 Å². The molecule has 1 aliphatic rings. The second-order valence-electron chi connectivity index (χ2n) is 7.56. The molecule has 160 valence electrons. The van der Waals surface area contributed by atoms with Crippen LogP contribution in [0.15, 0.2) is 42.5 Å². The second kappa shape index (κ2) is 8.51. The monoisotopic (exact) mass is 435 g/mol. The van der Waals surface area contributed by atoms with Crippen molar-refractivity contribution in [2.45, 2.75) is 40.2 Å². The van der Waals surface area contributed by atoms with Crippen molar-refractivity contribution in [3.05, 3.63) is 57.9 Å². The average Bonchev–Trinajstić information content (AvgIpc) is 3.09. The van der Waals surface area contributed by atoms with Crippen LogP contribution >= 0.6 is 11.3 Å². The van der Waals surface area contributed by atoms with Crippen LogP contribution in [0, 0.1) is 13.8 Å². The molecule has 1 N–H and O–H groups in total. The van der Waals surface area contributed by atoms with E-state index in [9.17, 15) is 9.59 Å². The molecule has 31 heavy (non-hydrogen) atoms. The number of anilines is 2. The Morgan fingerprint density at radius 2 is 2.00 bits per heavy atom. The average molecular weight is 436 g/mol. The third kappa shape index (κ3) is 4.18. The molecule has 2 aromatic carbocycles. The van der Waals surface area contributed by atoms with Gasteiger partial charge in [0.25, 0.3) is 5.91 Å². The van der Waals surface area contributed by atoms with E-state index in [4.69, 9.17) is 4.74 Å². The van der Waals surface area contributed by atoms with Crippen LogP contribution in [0.25, 0.3) is 11.3 Å². The molecule has 1 aliphatic heterocycles. The first kappa shape index (κ1) is 21.1. The van der Waals surface area contributed by atoms with Crippen LogP contribution < -0.4 is 15.0 Å². The van der Waals surface area contributed by atoms with Crippen molar-refractivity contribution in [2.75, 3.05) is 16.8 Å². The minimum Gasteiger partial charge on any atom is -0.479 e. The lowest BCUT2D eigenvalue weighted by atomic mass is 10.1. The van der Waals surface area contributed by atoms with Gasteiger partial charge in [-0.15, -0.1) is 11.3 Å². The molecule has 0 spiro atoms. The number of fused-ring (bicyclic) bond motifs is 1. The number of hydrogen-bond donors (Lipinski definition) is 1. The summed E-state index contributed by atoms with van der Waals surface area (Å²) in [6, 6.07) is 13.4. The van der Waals surface area contributed by atoms with Crippen molar-refractivity contribution in [1.29, 1.82) is 0 Å². The molecule has 0 aliphatic carbocycles. The van der Waals surface area contributed by atoms with E-state index in [0.717, 1.165) is 38.8 Å². The number of aromatic nitrogens is 1. The Labute approximate surface area is 185 Å². The Morgan fingerprint density at radius 3 is 2.71 bits per heavy atom. The molecule has 2 amide bonds. The molecule has 2 heterocycles. The van der Waals surface area contributed by atoms with Crippen LogP contribution in [0.1, 0.15) is 29.3 Å². The maximum absolute atomic E-state index is 12.9. The van der Waals surface area contributed by atoms with Gasteiger partial charge in [0.05, 0.1) is 16.4 Å². The van der Waals surface area contributed by atoms with Crippen molar-refractivity contribution < 1.29 is 14.3 Å². The molecule has 0 saturated heterocycles. The smallest absolute Gasteiger partial charge is 0.268 e. The zero-order valence-corrected chi connectivity index (χ0v) is 18.9. The van der Waals surface area contributed by atoms with Gasteiger partial charge in [-0.3, -0.25) is 14.5 Å². The van der Waals surface area contributed by atoms with Crippen LogP contribution in [0.4, 0.5) is 11.4 Å². The van der Waals surface area contributed by atoms with E-state index in [1.54, 1.807) is 18.3 Å². The molecule has 0 bridgehead atoms. The van der Waals surface area contributed by atoms with Crippen molar-refractivity contribution in [3.8, 4) is 17.0 Å². The minimum atomic E-state index is -0.655. The Kier molecular flexibility index (Phi) is 5.78. The predicted octanol–water partition coefficient (Wildman–Crippen LogP) is 4.74. The highest BCUT2D eigenvalue weighted by Crippen LogP contribution is 2.38. The highest BCUT2D eigenvalue weighted by Gasteiger charge is 2.33. The lowest BCUT2D eigenvalue weighted by Gasteiger charge is -2.33. The second-order valence-corrected chi connectivity index (χ2v) is 8.97. The first-order chi connectivity index (χ1) is 14.9. The number of ether oxygens (including phenoxy) is 1. The normalized spacial score (nSPS) is 15.4. The van der Waals surface area contributed by atoms with Crippen molar-refractivity contribution in [1.82, 2.24) is 4.98 Å². The SMILES string of the molecule is CCc1ccccc1NC(=O)CN1C(=O)C(C)Oc2ccc(-c3nc(C)sc3C)cc21. The zero-order chi connectivity index (χ0) is 22.1. The number of carbonyl (C=O) groups is 2. The van der Waals surface area contributed by atoms with E-state index >= 15 is 0 Å². The lowest BCUT2D eigenvalue weighted by molar-refractivity contribution is -0.127. The number of thiazole rings is 1. The van der Waals surface area contributed by atoms with Gasteiger partial charge in [-0.05, 0) is 57.0 Å². The Balaban J connectivity index is 1.65. The molecule has 7 heteroatoms. The first-order valence-corrected chi connectivity index (χ1v) is 11.1. The van der Waals surface area contributed by atoms with Crippen LogP contribution in [-0.2, 0) is 16.0 Å². The highest BCUT2D eigenvalue weighted by molar-refractivity contribution is 7.11. The fourth-order valence-electron chi connectivity index (χ4n) is 3.80. The maximum atomic E-state index is 12.9. The zero-order valence-electron chi connectivity index (χ0n) is 18.1. The third-order valence-corrected chi connectivity index (χ3v) is 6.20. The number of para-hydroxylation sites is 1. The number of carbonyl (C=O) groups excluding carboxylic acids is 2. The summed E-state index contributed by atoms with van der Waals surface area (Å²) in [6.07, 6.45) is 0.153. The highest BCUT2D eigenvalue weighted by atomic mass is 32.1.